The summed E-state index contributed by atoms with van der Waals surface area (Å²) in [4.78, 5) is 11.8. The predicted octanol–water partition coefficient (Wildman–Crippen LogP) is 3.91. The van der Waals surface area contributed by atoms with E-state index in [9.17, 15) is 13.6 Å². The average Bonchev–Trinajstić information content (AvgIpc) is 2.47. The molecule has 2 rings (SSSR count). The van der Waals surface area contributed by atoms with Crippen LogP contribution in [0.1, 0.15) is 18.5 Å². The Morgan fingerprint density at radius 2 is 1.86 bits per heavy atom. The molecule has 0 unspecified atom stereocenters. The zero-order valence-electron chi connectivity index (χ0n) is 11.9. The van der Waals surface area contributed by atoms with Crippen LogP contribution in [0.4, 0.5) is 14.5 Å². The SMILES string of the molecule is C[C@@H](NCC(=O)Nc1ccc(Cl)cc1)c1ccc(F)cc1F. The van der Waals surface area contributed by atoms with Gasteiger partial charge in [0.25, 0.3) is 0 Å². The molecule has 0 aliphatic rings. The van der Waals surface area contributed by atoms with Gasteiger partial charge in [0, 0.05) is 28.4 Å². The number of benzene rings is 2. The van der Waals surface area contributed by atoms with Crippen LogP contribution < -0.4 is 10.6 Å². The van der Waals surface area contributed by atoms with E-state index < -0.39 is 17.7 Å². The molecular weight excluding hydrogens is 310 g/mol. The molecule has 0 aliphatic carbocycles. The summed E-state index contributed by atoms with van der Waals surface area (Å²) in [5.41, 5.74) is 0.928. The Kier molecular flexibility index (Phi) is 5.46. The van der Waals surface area contributed by atoms with Gasteiger partial charge in [0.1, 0.15) is 11.6 Å². The smallest absolute Gasteiger partial charge is 0.238 e. The van der Waals surface area contributed by atoms with Gasteiger partial charge in [0.2, 0.25) is 5.91 Å². The third-order valence-corrected chi connectivity index (χ3v) is 3.38. The summed E-state index contributed by atoms with van der Waals surface area (Å²) < 4.78 is 26.5. The van der Waals surface area contributed by atoms with Crippen LogP contribution in [0.3, 0.4) is 0 Å². The number of rotatable bonds is 5. The molecule has 2 N–H and O–H groups in total. The molecule has 0 aliphatic heterocycles. The maximum Gasteiger partial charge on any atom is 0.238 e. The van der Waals surface area contributed by atoms with Crippen LogP contribution in [0.2, 0.25) is 5.02 Å². The second-order valence-electron chi connectivity index (χ2n) is 4.82. The van der Waals surface area contributed by atoms with E-state index in [1.165, 1.54) is 12.1 Å². The highest BCUT2D eigenvalue weighted by atomic mass is 35.5. The van der Waals surface area contributed by atoms with Crippen molar-refractivity contribution in [1.82, 2.24) is 5.32 Å². The summed E-state index contributed by atoms with van der Waals surface area (Å²) in [5.74, 6) is -1.54. The van der Waals surface area contributed by atoms with Gasteiger partial charge < -0.3 is 10.6 Å². The second kappa shape index (κ2) is 7.33. The molecule has 116 valence electrons. The largest absolute Gasteiger partial charge is 0.325 e. The molecule has 1 atom stereocenters. The van der Waals surface area contributed by atoms with Crippen LogP contribution in [-0.4, -0.2) is 12.5 Å². The first-order valence-electron chi connectivity index (χ1n) is 6.69. The number of halogens is 3. The van der Waals surface area contributed by atoms with Crippen LogP contribution in [0.15, 0.2) is 42.5 Å². The van der Waals surface area contributed by atoms with Crippen molar-refractivity contribution in [2.75, 3.05) is 11.9 Å². The van der Waals surface area contributed by atoms with Crippen molar-refractivity contribution in [3.63, 3.8) is 0 Å². The summed E-state index contributed by atoms with van der Waals surface area (Å²) in [6.45, 7) is 1.70. The molecule has 0 bridgehead atoms. The number of hydrogen-bond donors (Lipinski definition) is 2. The summed E-state index contributed by atoms with van der Waals surface area (Å²) in [7, 11) is 0. The first-order chi connectivity index (χ1) is 10.5. The van der Waals surface area contributed by atoms with E-state index >= 15 is 0 Å². The minimum Gasteiger partial charge on any atom is -0.325 e. The van der Waals surface area contributed by atoms with Gasteiger partial charge >= 0.3 is 0 Å². The Labute approximate surface area is 132 Å². The van der Waals surface area contributed by atoms with E-state index in [-0.39, 0.29) is 12.5 Å². The molecule has 22 heavy (non-hydrogen) atoms. The first kappa shape index (κ1) is 16.4. The predicted molar refractivity (Wildman–Crippen MR) is 82.9 cm³/mol. The summed E-state index contributed by atoms with van der Waals surface area (Å²) in [6, 6.07) is 9.65. The highest BCUT2D eigenvalue weighted by Gasteiger charge is 2.12. The molecule has 0 spiro atoms. The lowest BCUT2D eigenvalue weighted by Gasteiger charge is -2.15. The lowest BCUT2D eigenvalue weighted by molar-refractivity contribution is -0.115. The molecule has 0 saturated carbocycles. The van der Waals surface area contributed by atoms with Gasteiger partial charge in [0.15, 0.2) is 0 Å². The van der Waals surface area contributed by atoms with E-state index in [2.05, 4.69) is 10.6 Å². The zero-order valence-corrected chi connectivity index (χ0v) is 12.6. The number of hydrogen-bond acceptors (Lipinski definition) is 2. The fourth-order valence-corrected chi connectivity index (χ4v) is 2.07. The van der Waals surface area contributed by atoms with Crippen molar-refractivity contribution in [1.29, 1.82) is 0 Å². The van der Waals surface area contributed by atoms with Crippen LogP contribution >= 0.6 is 11.6 Å². The Balaban J connectivity index is 1.88. The van der Waals surface area contributed by atoms with Crippen LogP contribution in [0, 0.1) is 11.6 Å². The minimum atomic E-state index is -0.641. The lowest BCUT2D eigenvalue weighted by atomic mass is 10.1. The molecule has 0 aromatic heterocycles. The Morgan fingerprint density at radius 3 is 2.50 bits per heavy atom. The van der Waals surface area contributed by atoms with Gasteiger partial charge in [-0.1, -0.05) is 17.7 Å². The molecule has 0 fully saturated rings. The van der Waals surface area contributed by atoms with Crippen molar-refractivity contribution in [2.45, 2.75) is 13.0 Å². The third kappa shape index (κ3) is 4.51. The normalized spacial score (nSPS) is 12.0. The highest BCUT2D eigenvalue weighted by Crippen LogP contribution is 2.17. The van der Waals surface area contributed by atoms with E-state index in [4.69, 9.17) is 11.6 Å². The molecule has 0 saturated heterocycles. The first-order valence-corrected chi connectivity index (χ1v) is 7.07. The lowest BCUT2D eigenvalue weighted by Crippen LogP contribution is -2.30. The van der Waals surface area contributed by atoms with Gasteiger partial charge in [-0.15, -0.1) is 0 Å². The number of carbonyl (C=O) groups excluding carboxylic acids is 1. The molecule has 0 radical (unpaired) electrons. The summed E-state index contributed by atoms with van der Waals surface area (Å²) in [6.07, 6.45) is 0. The van der Waals surface area contributed by atoms with Crippen molar-refractivity contribution < 1.29 is 13.6 Å². The highest BCUT2D eigenvalue weighted by molar-refractivity contribution is 6.30. The zero-order chi connectivity index (χ0) is 16.1. The second-order valence-corrected chi connectivity index (χ2v) is 5.26. The molecule has 2 aromatic carbocycles. The Bertz CT molecular complexity index is 662. The van der Waals surface area contributed by atoms with Crippen LogP contribution in [0.5, 0.6) is 0 Å². The van der Waals surface area contributed by atoms with Gasteiger partial charge in [0.05, 0.1) is 6.54 Å². The van der Waals surface area contributed by atoms with Crippen molar-refractivity contribution >= 4 is 23.2 Å². The summed E-state index contributed by atoms with van der Waals surface area (Å²) in [5, 5.41) is 6.16. The number of anilines is 1. The monoisotopic (exact) mass is 324 g/mol. The fourth-order valence-electron chi connectivity index (χ4n) is 1.95. The molecule has 2 aromatic rings. The fraction of sp³-hybridized carbons (Fsp3) is 0.188. The topological polar surface area (TPSA) is 41.1 Å². The van der Waals surface area contributed by atoms with Gasteiger partial charge in [-0.2, -0.15) is 0 Å². The van der Waals surface area contributed by atoms with E-state index in [0.717, 1.165) is 6.07 Å². The number of amides is 1. The number of carbonyl (C=O) groups is 1. The van der Waals surface area contributed by atoms with Crippen molar-refractivity contribution in [3.8, 4) is 0 Å². The Morgan fingerprint density at radius 1 is 1.18 bits per heavy atom. The average molecular weight is 325 g/mol. The molecule has 0 heterocycles. The van der Waals surface area contributed by atoms with Crippen molar-refractivity contribution in [2.24, 2.45) is 0 Å². The van der Waals surface area contributed by atoms with E-state index in [0.29, 0.717) is 16.3 Å². The van der Waals surface area contributed by atoms with Gasteiger partial charge in [-0.25, -0.2) is 8.78 Å². The summed E-state index contributed by atoms with van der Waals surface area (Å²) >= 11 is 5.76. The van der Waals surface area contributed by atoms with Gasteiger partial charge in [-0.3, -0.25) is 4.79 Å². The minimum absolute atomic E-state index is 0.000605. The maximum absolute atomic E-state index is 13.6. The molecular formula is C16H15ClF2N2O. The van der Waals surface area contributed by atoms with Crippen molar-refractivity contribution in [3.05, 3.63) is 64.7 Å². The van der Waals surface area contributed by atoms with E-state index in [1.807, 2.05) is 0 Å². The quantitative estimate of drug-likeness (QED) is 0.875. The third-order valence-electron chi connectivity index (χ3n) is 3.13. The molecule has 6 heteroatoms. The van der Waals surface area contributed by atoms with E-state index in [1.54, 1.807) is 31.2 Å². The molecule has 3 nitrogen and oxygen atoms in total. The maximum atomic E-state index is 13.6. The molecule has 1 amide bonds. The Hall–Kier alpha value is -1.98. The van der Waals surface area contributed by atoms with Crippen LogP contribution in [-0.2, 0) is 4.79 Å². The number of nitrogens with one attached hydrogen (secondary N) is 2. The standard InChI is InChI=1S/C16H15ClF2N2O/c1-10(14-7-4-12(18)8-15(14)19)20-9-16(22)21-13-5-2-11(17)3-6-13/h2-8,10,20H,9H2,1H3,(H,21,22)/t10-/m1/s1. The van der Waals surface area contributed by atoms with Crippen LogP contribution in [0.25, 0.3) is 0 Å². The van der Waals surface area contributed by atoms with Gasteiger partial charge in [-0.05, 0) is 37.3 Å².